The molecule has 0 aromatic heterocycles. The summed E-state index contributed by atoms with van der Waals surface area (Å²) < 4.78 is 16.8. The van der Waals surface area contributed by atoms with Gasteiger partial charge in [0.15, 0.2) is 0 Å². The number of benzene rings is 2. The van der Waals surface area contributed by atoms with E-state index in [4.69, 9.17) is 14.2 Å². The van der Waals surface area contributed by atoms with Gasteiger partial charge in [0.2, 0.25) is 0 Å². The van der Waals surface area contributed by atoms with Gasteiger partial charge in [0.05, 0.1) is 32.1 Å². The molecule has 0 saturated carbocycles. The van der Waals surface area contributed by atoms with Crippen molar-refractivity contribution < 1.29 is 19.3 Å². The van der Waals surface area contributed by atoms with Crippen LogP contribution in [0, 0.1) is 0 Å². The maximum Gasteiger partial charge on any atom is 0.142 e. The third-order valence-corrected chi connectivity index (χ3v) is 5.62. The molecule has 6 nitrogen and oxygen atoms in total. The summed E-state index contributed by atoms with van der Waals surface area (Å²) in [7, 11) is 1.71. The number of nitrogens with zero attached hydrogens (tertiary/aromatic N) is 2. The Kier molecular flexibility index (Phi) is 9.00. The highest BCUT2D eigenvalue weighted by Gasteiger charge is 2.21. The fourth-order valence-electron chi connectivity index (χ4n) is 3.80. The molecule has 0 spiro atoms. The maximum atomic E-state index is 10.3. The molecule has 31 heavy (non-hydrogen) atoms. The Morgan fingerprint density at radius 2 is 1.65 bits per heavy atom. The van der Waals surface area contributed by atoms with E-state index in [2.05, 4.69) is 41.8 Å². The van der Waals surface area contributed by atoms with Crippen LogP contribution in [-0.4, -0.2) is 75.8 Å². The topological polar surface area (TPSA) is 54.4 Å². The van der Waals surface area contributed by atoms with Crippen LogP contribution in [0.25, 0.3) is 0 Å². The molecule has 2 aromatic carbocycles. The van der Waals surface area contributed by atoms with Crippen LogP contribution in [0.15, 0.2) is 48.5 Å². The van der Waals surface area contributed by atoms with Crippen LogP contribution in [0.3, 0.4) is 0 Å². The van der Waals surface area contributed by atoms with Gasteiger partial charge in [-0.2, -0.15) is 0 Å². The van der Waals surface area contributed by atoms with E-state index < -0.39 is 6.10 Å². The van der Waals surface area contributed by atoms with Gasteiger partial charge < -0.3 is 24.2 Å². The van der Waals surface area contributed by atoms with Crippen LogP contribution in [-0.2, 0) is 4.74 Å². The van der Waals surface area contributed by atoms with Crippen molar-refractivity contribution in [2.45, 2.75) is 25.9 Å². The number of hydrogen-bond donors (Lipinski definition) is 1. The summed E-state index contributed by atoms with van der Waals surface area (Å²) in [6, 6.07) is 16.3. The lowest BCUT2D eigenvalue weighted by Gasteiger charge is -2.37. The van der Waals surface area contributed by atoms with Crippen molar-refractivity contribution in [1.82, 2.24) is 4.90 Å². The third kappa shape index (κ3) is 7.13. The summed E-state index contributed by atoms with van der Waals surface area (Å²) in [5, 5.41) is 10.3. The van der Waals surface area contributed by atoms with Crippen molar-refractivity contribution in [2.24, 2.45) is 0 Å². The second-order valence-electron chi connectivity index (χ2n) is 8.26. The van der Waals surface area contributed by atoms with Gasteiger partial charge in [0.1, 0.15) is 18.1 Å². The van der Waals surface area contributed by atoms with Crippen molar-refractivity contribution in [3.63, 3.8) is 0 Å². The molecule has 1 aliphatic rings. The van der Waals surface area contributed by atoms with E-state index in [0.29, 0.717) is 32.3 Å². The molecular formula is C25H36N2O4. The van der Waals surface area contributed by atoms with E-state index in [1.807, 2.05) is 30.3 Å². The molecule has 170 valence electrons. The summed E-state index contributed by atoms with van der Waals surface area (Å²) in [6.45, 7) is 9.88. The van der Waals surface area contributed by atoms with Gasteiger partial charge in [-0.15, -0.1) is 0 Å². The Morgan fingerprint density at radius 1 is 0.935 bits per heavy atom. The van der Waals surface area contributed by atoms with Gasteiger partial charge in [-0.05, 0) is 35.7 Å². The average molecular weight is 429 g/mol. The van der Waals surface area contributed by atoms with E-state index in [9.17, 15) is 5.11 Å². The minimum absolute atomic E-state index is 0.322. The van der Waals surface area contributed by atoms with Crippen LogP contribution < -0.4 is 14.4 Å². The minimum atomic E-state index is -0.497. The predicted molar refractivity (Wildman–Crippen MR) is 124 cm³/mol. The molecule has 6 heteroatoms. The molecule has 2 aromatic rings. The summed E-state index contributed by atoms with van der Waals surface area (Å²) in [5.41, 5.74) is 2.43. The van der Waals surface area contributed by atoms with E-state index in [1.165, 1.54) is 5.56 Å². The van der Waals surface area contributed by atoms with Crippen LogP contribution in [0.2, 0.25) is 0 Å². The van der Waals surface area contributed by atoms with Gasteiger partial charge in [-0.25, -0.2) is 0 Å². The number of aliphatic hydroxyl groups excluding tert-OH is 1. The smallest absolute Gasteiger partial charge is 0.142 e. The highest BCUT2D eigenvalue weighted by Crippen LogP contribution is 2.28. The Morgan fingerprint density at radius 3 is 2.32 bits per heavy atom. The number of anilines is 1. The van der Waals surface area contributed by atoms with E-state index in [1.54, 1.807) is 7.11 Å². The lowest BCUT2D eigenvalue weighted by molar-refractivity contribution is 0.00717. The Hall–Kier alpha value is -2.28. The molecular weight excluding hydrogens is 392 g/mol. The largest absolute Gasteiger partial charge is 0.495 e. The molecule has 1 atom stereocenters. The predicted octanol–water partition coefficient (Wildman–Crippen LogP) is 3.40. The Labute approximate surface area is 186 Å². The summed E-state index contributed by atoms with van der Waals surface area (Å²) in [6.07, 6.45) is -0.497. The number of methoxy groups -OCH3 is 1. The zero-order chi connectivity index (χ0) is 22.1. The highest BCUT2D eigenvalue weighted by molar-refractivity contribution is 5.58. The van der Waals surface area contributed by atoms with Crippen molar-refractivity contribution >= 4 is 5.69 Å². The number of ether oxygens (including phenoxy) is 3. The number of rotatable bonds is 11. The minimum Gasteiger partial charge on any atom is -0.495 e. The molecule has 1 saturated heterocycles. The molecule has 3 rings (SSSR count). The van der Waals surface area contributed by atoms with Crippen LogP contribution in [0.1, 0.15) is 25.3 Å². The first-order chi connectivity index (χ1) is 15.1. The average Bonchev–Trinajstić information content (AvgIpc) is 2.79. The first-order valence-electron chi connectivity index (χ1n) is 11.2. The quantitative estimate of drug-likeness (QED) is 0.554. The fraction of sp³-hybridized carbons (Fsp3) is 0.520. The van der Waals surface area contributed by atoms with Crippen LogP contribution in [0.4, 0.5) is 5.69 Å². The highest BCUT2D eigenvalue weighted by atomic mass is 16.5. The number of hydrogen-bond acceptors (Lipinski definition) is 6. The first-order valence-corrected chi connectivity index (χ1v) is 11.2. The molecule has 1 fully saturated rings. The van der Waals surface area contributed by atoms with E-state index in [-0.39, 0.29) is 0 Å². The Bertz CT molecular complexity index is 773. The number of para-hydroxylation sites is 2. The summed E-state index contributed by atoms with van der Waals surface area (Å²) in [5.74, 6) is 2.27. The van der Waals surface area contributed by atoms with Crippen molar-refractivity contribution in [2.75, 3.05) is 64.6 Å². The second kappa shape index (κ2) is 11.9. The fourth-order valence-corrected chi connectivity index (χ4v) is 3.80. The second-order valence-corrected chi connectivity index (χ2v) is 8.26. The summed E-state index contributed by atoms with van der Waals surface area (Å²) >= 11 is 0. The molecule has 0 amide bonds. The van der Waals surface area contributed by atoms with Gasteiger partial charge >= 0.3 is 0 Å². The zero-order valence-electron chi connectivity index (χ0n) is 19.0. The van der Waals surface area contributed by atoms with E-state index >= 15 is 0 Å². The normalized spacial score (nSPS) is 15.8. The van der Waals surface area contributed by atoms with Crippen molar-refractivity contribution in [1.29, 1.82) is 0 Å². The maximum absolute atomic E-state index is 10.3. The monoisotopic (exact) mass is 428 g/mol. The molecule has 0 aliphatic carbocycles. The van der Waals surface area contributed by atoms with Gasteiger partial charge in [0.25, 0.3) is 0 Å². The van der Waals surface area contributed by atoms with Gasteiger partial charge in [-0.3, -0.25) is 4.90 Å². The number of β-amino-alcohol motifs (C(OH)–C–C–N with tert-alkyl or cyclic N) is 1. The van der Waals surface area contributed by atoms with Crippen molar-refractivity contribution in [3.8, 4) is 11.5 Å². The molecule has 1 unspecified atom stereocenters. The number of piperazine rings is 1. The molecule has 1 N–H and O–H groups in total. The number of aliphatic hydroxyl groups is 1. The van der Waals surface area contributed by atoms with E-state index in [0.717, 1.165) is 43.4 Å². The van der Waals surface area contributed by atoms with Crippen molar-refractivity contribution in [3.05, 3.63) is 54.1 Å². The lowest BCUT2D eigenvalue weighted by Crippen LogP contribution is -2.49. The van der Waals surface area contributed by atoms with Gasteiger partial charge in [-0.1, -0.05) is 38.1 Å². The molecule has 0 bridgehead atoms. The zero-order valence-corrected chi connectivity index (χ0v) is 19.0. The van der Waals surface area contributed by atoms with Gasteiger partial charge in [0, 0.05) is 32.7 Å². The lowest BCUT2D eigenvalue weighted by atomic mass is 10.0. The molecule has 1 heterocycles. The summed E-state index contributed by atoms with van der Waals surface area (Å²) in [4.78, 5) is 4.62. The van der Waals surface area contributed by atoms with Crippen LogP contribution in [0.5, 0.6) is 11.5 Å². The SMILES string of the molecule is COc1ccccc1N1CCN(CC(O)COCCOc2ccc(C(C)C)cc2)CC1. The van der Waals surface area contributed by atoms with Crippen LogP contribution >= 0.6 is 0 Å². The molecule has 0 radical (unpaired) electrons. The standard InChI is InChI=1S/C25H36N2O4/c1-20(2)21-8-10-23(11-9-21)31-17-16-30-19-22(28)18-26-12-14-27(15-13-26)24-6-4-5-7-25(24)29-3/h4-11,20,22,28H,12-19H2,1-3H3. The molecule has 1 aliphatic heterocycles. The first kappa shape index (κ1) is 23.4. The Balaban J connectivity index is 1.29. The third-order valence-electron chi connectivity index (χ3n) is 5.62.